The van der Waals surface area contributed by atoms with Gasteiger partial charge in [-0.1, -0.05) is 0 Å². The smallest absolute Gasteiger partial charge is 0.338 e. The lowest BCUT2D eigenvalue weighted by molar-refractivity contribution is -0.289. The van der Waals surface area contributed by atoms with E-state index in [2.05, 4.69) is 0 Å². The Morgan fingerprint density at radius 3 is 2.00 bits per heavy atom. The third kappa shape index (κ3) is 7.17. The quantitative estimate of drug-likeness (QED) is 0.120. The van der Waals surface area contributed by atoms with E-state index in [0.29, 0.717) is 5.56 Å². The molecule has 17 nitrogen and oxygen atoms in total. The van der Waals surface area contributed by atoms with E-state index in [1.807, 2.05) is 0 Å². The number of hydrogen-bond donors (Lipinski definition) is 7. The zero-order valence-electron chi connectivity index (χ0n) is 25.4. The number of aliphatic hydroxyl groups excluding tert-OH is 5. The number of hydrogen-bond acceptors (Lipinski definition) is 17. The molecule has 8 unspecified atom stereocenters. The first kappa shape index (κ1) is 35.2. The van der Waals surface area contributed by atoms with Gasteiger partial charge in [0.25, 0.3) is 0 Å². The molecular formula is C29H38O17. The summed E-state index contributed by atoms with van der Waals surface area (Å²) in [4.78, 5) is 12.7. The van der Waals surface area contributed by atoms with Crippen LogP contribution in [0, 0.1) is 0 Å². The van der Waals surface area contributed by atoms with Crippen molar-refractivity contribution in [2.75, 3.05) is 48.3 Å². The van der Waals surface area contributed by atoms with Crippen LogP contribution in [-0.4, -0.2) is 139 Å². The number of esters is 1. The first-order valence-corrected chi connectivity index (χ1v) is 13.9. The molecule has 7 N–H and O–H groups in total. The second kappa shape index (κ2) is 14.8. The first-order valence-electron chi connectivity index (χ1n) is 13.9. The summed E-state index contributed by atoms with van der Waals surface area (Å²) in [5.74, 6) is -1.15. The minimum atomic E-state index is -2.10. The third-order valence-corrected chi connectivity index (χ3v) is 7.50. The van der Waals surface area contributed by atoms with Crippen molar-refractivity contribution in [3.8, 4) is 34.5 Å². The van der Waals surface area contributed by atoms with Crippen molar-refractivity contribution in [3.63, 3.8) is 0 Å². The van der Waals surface area contributed by atoms with Crippen LogP contribution >= 0.6 is 0 Å². The molecule has 4 rings (SSSR count). The van der Waals surface area contributed by atoms with Gasteiger partial charge in [0.05, 0.1) is 53.8 Å². The van der Waals surface area contributed by atoms with E-state index in [9.17, 15) is 40.5 Å². The summed E-state index contributed by atoms with van der Waals surface area (Å²) < 4.78 is 48.2. The molecule has 0 spiro atoms. The topological polar surface area (TPSA) is 242 Å². The largest absolute Gasteiger partial charge is 0.502 e. The number of benzene rings is 2. The van der Waals surface area contributed by atoms with Gasteiger partial charge in [0, 0.05) is 0 Å². The van der Waals surface area contributed by atoms with Crippen LogP contribution in [0.1, 0.15) is 15.9 Å². The van der Waals surface area contributed by atoms with Gasteiger partial charge < -0.3 is 78.4 Å². The van der Waals surface area contributed by atoms with E-state index < -0.39 is 74.5 Å². The molecule has 8 atom stereocenters. The van der Waals surface area contributed by atoms with E-state index in [1.54, 1.807) is 0 Å². The lowest BCUT2D eigenvalue weighted by atomic mass is 9.99. The second-order valence-corrected chi connectivity index (χ2v) is 10.5. The lowest BCUT2D eigenvalue weighted by Gasteiger charge is -2.40. The summed E-state index contributed by atoms with van der Waals surface area (Å²) in [5.41, 5.74) is -1.73. The van der Waals surface area contributed by atoms with Crippen LogP contribution in [-0.2, 0) is 25.6 Å². The third-order valence-electron chi connectivity index (χ3n) is 7.50. The van der Waals surface area contributed by atoms with E-state index >= 15 is 0 Å². The van der Waals surface area contributed by atoms with Gasteiger partial charge in [-0.3, -0.25) is 0 Å². The highest BCUT2D eigenvalue weighted by atomic mass is 16.7. The fourth-order valence-electron chi connectivity index (χ4n) is 4.81. The highest BCUT2D eigenvalue weighted by Crippen LogP contribution is 2.41. The molecule has 2 aliphatic heterocycles. The minimum Gasteiger partial charge on any atom is -0.502 e. The Kier molecular flexibility index (Phi) is 11.4. The molecule has 0 aromatic heterocycles. The molecule has 0 saturated carbocycles. The molecule has 256 valence electrons. The van der Waals surface area contributed by atoms with Crippen LogP contribution in [0.4, 0.5) is 0 Å². The summed E-state index contributed by atoms with van der Waals surface area (Å²) in [6.45, 7) is -2.08. The van der Waals surface area contributed by atoms with Crippen molar-refractivity contribution in [1.29, 1.82) is 0 Å². The Morgan fingerprint density at radius 1 is 0.870 bits per heavy atom. The fourth-order valence-corrected chi connectivity index (χ4v) is 4.81. The molecule has 0 radical (unpaired) electrons. The molecular weight excluding hydrogens is 620 g/mol. The minimum absolute atomic E-state index is 0.0205. The van der Waals surface area contributed by atoms with Gasteiger partial charge in [-0.15, -0.1) is 0 Å². The number of ether oxygens (including phenoxy) is 9. The molecule has 2 aromatic rings. The highest BCUT2D eigenvalue weighted by Gasteiger charge is 2.51. The molecule has 17 heteroatoms. The summed E-state index contributed by atoms with van der Waals surface area (Å²) in [5, 5.41) is 72.9. The number of rotatable bonds is 13. The first-order chi connectivity index (χ1) is 21.9. The van der Waals surface area contributed by atoms with E-state index in [-0.39, 0.29) is 46.7 Å². The standard InChI is InChI=1S/C29H38O17/c1-38-15-7-14(8-16(39-2)20(15)31)26(36)43-11-29(37)12-44-28(25(29)35)42-10-19-21(32)22(33)23(34)27(45-19)46-24-17(40-3)5-13(9-30)6-18(24)41-4/h5-8,19,21-23,25,27-28,30-35,37H,9-12H2,1-4H3. The average Bonchev–Trinajstić information content (AvgIpc) is 3.35. The number of methoxy groups -OCH3 is 4. The molecule has 46 heavy (non-hydrogen) atoms. The normalized spacial score (nSPS) is 29.2. The summed E-state index contributed by atoms with van der Waals surface area (Å²) in [6.07, 6.45) is -11.3. The molecule has 0 bridgehead atoms. The summed E-state index contributed by atoms with van der Waals surface area (Å²) >= 11 is 0. The van der Waals surface area contributed by atoms with Gasteiger partial charge in [0.1, 0.15) is 37.1 Å². The number of aliphatic hydroxyl groups is 6. The zero-order chi connectivity index (χ0) is 33.8. The SMILES string of the molecule is COc1cc(C(=O)OCC2(O)COC(OCC3OC(Oc4c(OC)cc(CO)cc4OC)C(O)C(O)C3O)C2O)cc(OC)c1O. The molecule has 2 aromatic carbocycles. The second-order valence-electron chi connectivity index (χ2n) is 10.5. The van der Waals surface area contributed by atoms with Crippen molar-refractivity contribution in [2.45, 2.75) is 55.3 Å². The van der Waals surface area contributed by atoms with Gasteiger partial charge in [-0.25, -0.2) is 4.79 Å². The van der Waals surface area contributed by atoms with Crippen molar-refractivity contribution >= 4 is 5.97 Å². The molecule has 2 saturated heterocycles. The van der Waals surface area contributed by atoms with Crippen LogP contribution in [0.3, 0.4) is 0 Å². The van der Waals surface area contributed by atoms with Crippen LogP contribution in [0.5, 0.6) is 34.5 Å². The van der Waals surface area contributed by atoms with Gasteiger partial charge in [0.2, 0.25) is 17.8 Å². The average molecular weight is 659 g/mol. The fraction of sp³-hybridized carbons (Fsp3) is 0.552. The van der Waals surface area contributed by atoms with Crippen molar-refractivity contribution < 1.29 is 83.2 Å². The Balaban J connectivity index is 1.39. The van der Waals surface area contributed by atoms with Crippen LogP contribution in [0.2, 0.25) is 0 Å². The van der Waals surface area contributed by atoms with Crippen LogP contribution in [0.25, 0.3) is 0 Å². The van der Waals surface area contributed by atoms with E-state index in [0.717, 1.165) is 0 Å². The van der Waals surface area contributed by atoms with Gasteiger partial charge in [-0.05, 0) is 29.8 Å². The zero-order valence-corrected chi connectivity index (χ0v) is 25.4. The Bertz CT molecular complexity index is 1300. The Hall–Kier alpha value is -3.65. The van der Waals surface area contributed by atoms with Crippen molar-refractivity contribution in [3.05, 3.63) is 35.4 Å². The number of phenols is 1. The molecule has 2 aliphatic rings. The maximum atomic E-state index is 12.7. The predicted molar refractivity (Wildman–Crippen MR) is 151 cm³/mol. The lowest BCUT2D eigenvalue weighted by Crippen LogP contribution is -2.60. The summed E-state index contributed by atoms with van der Waals surface area (Å²) in [7, 11) is 5.23. The molecule has 0 aliphatic carbocycles. The highest BCUT2D eigenvalue weighted by molar-refractivity contribution is 5.91. The van der Waals surface area contributed by atoms with E-state index in [4.69, 9.17) is 42.6 Å². The Labute approximate surface area is 262 Å². The molecule has 0 amide bonds. The number of carbonyl (C=O) groups is 1. The van der Waals surface area contributed by atoms with Crippen molar-refractivity contribution in [2.24, 2.45) is 0 Å². The molecule has 2 fully saturated rings. The Morgan fingerprint density at radius 2 is 1.46 bits per heavy atom. The monoisotopic (exact) mass is 658 g/mol. The number of carbonyl (C=O) groups excluding carboxylic acids is 1. The van der Waals surface area contributed by atoms with Gasteiger partial charge in [-0.2, -0.15) is 0 Å². The predicted octanol–water partition coefficient (Wildman–Crippen LogP) is -1.57. The number of aromatic hydroxyl groups is 1. The van der Waals surface area contributed by atoms with Crippen LogP contribution in [0.15, 0.2) is 24.3 Å². The molecule has 2 heterocycles. The van der Waals surface area contributed by atoms with E-state index in [1.165, 1.54) is 52.7 Å². The van der Waals surface area contributed by atoms with Crippen molar-refractivity contribution in [1.82, 2.24) is 0 Å². The maximum absolute atomic E-state index is 12.7. The number of phenolic OH excluding ortho intramolecular Hbond substituents is 1. The van der Waals surface area contributed by atoms with Gasteiger partial charge in [0.15, 0.2) is 34.9 Å². The van der Waals surface area contributed by atoms with Crippen LogP contribution < -0.4 is 23.7 Å². The summed E-state index contributed by atoms with van der Waals surface area (Å²) in [6, 6.07) is 5.33. The maximum Gasteiger partial charge on any atom is 0.338 e. The van der Waals surface area contributed by atoms with Gasteiger partial charge >= 0.3 is 5.97 Å².